The Hall–Kier alpha value is -1.36. The normalized spacial score (nSPS) is 22.7. The minimum Gasteiger partial charge on any atom is -0.368 e. The van der Waals surface area contributed by atoms with E-state index >= 15 is 0 Å². The fraction of sp³-hybridized carbons (Fsp3) is 0.545. The van der Waals surface area contributed by atoms with Crippen LogP contribution in [0.5, 0.6) is 0 Å². The van der Waals surface area contributed by atoms with E-state index in [9.17, 15) is 0 Å². The fourth-order valence-corrected chi connectivity index (χ4v) is 2.17. The summed E-state index contributed by atoms with van der Waals surface area (Å²) in [4.78, 5) is 8.04. The second-order valence-electron chi connectivity index (χ2n) is 4.18. The maximum atomic E-state index is 6.18. The van der Waals surface area contributed by atoms with Gasteiger partial charge < -0.3 is 5.73 Å². The number of nitrogens with zero attached hydrogens (tertiary/aromatic N) is 3. The molecular weight excluding hydrogens is 238 g/mol. The van der Waals surface area contributed by atoms with Crippen LogP contribution in [0.2, 0.25) is 0 Å². The van der Waals surface area contributed by atoms with Gasteiger partial charge in [0.15, 0.2) is 5.82 Å². The van der Waals surface area contributed by atoms with E-state index in [0.29, 0.717) is 5.82 Å². The third-order valence-electron chi connectivity index (χ3n) is 2.69. The molecule has 0 radical (unpaired) electrons. The highest BCUT2D eigenvalue weighted by molar-refractivity contribution is 6.32. The van der Waals surface area contributed by atoms with E-state index in [1.54, 1.807) is 6.07 Å². The molecule has 0 aromatic carbocycles. The Kier molecular flexibility index (Phi) is 3.78. The number of nitrogens with two attached hydrogens (primary N) is 1. The maximum Gasteiger partial charge on any atom is 0.222 e. The van der Waals surface area contributed by atoms with E-state index in [-0.39, 0.29) is 11.3 Å². The lowest BCUT2D eigenvalue weighted by atomic mass is 9.98. The highest BCUT2D eigenvalue weighted by Crippen LogP contribution is 2.20. The van der Waals surface area contributed by atoms with Crippen molar-refractivity contribution < 1.29 is 0 Å². The van der Waals surface area contributed by atoms with Crippen LogP contribution in [0.3, 0.4) is 0 Å². The van der Waals surface area contributed by atoms with Crippen molar-refractivity contribution in [3.63, 3.8) is 0 Å². The molecule has 1 saturated carbocycles. The number of hydrogen-bond donors (Lipinski definition) is 2. The van der Waals surface area contributed by atoms with Gasteiger partial charge >= 0.3 is 0 Å². The predicted molar refractivity (Wildman–Crippen MR) is 70.3 cm³/mol. The van der Waals surface area contributed by atoms with Crippen molar-refractivity contribution in [2.75, 3.05) is 11.2 Å². The average molecular weight is 254 g/mol. The first-order valence-electron chi connectivity index (χ1n) is 5.73. The minimum absolute atomic E-state index is 0.0385. The zero-order valence-electron chi connectivity index (χ0n) is 9.78. The molecule has 1 aromatic heterocycles. The smallest absolute Gasteiger partial charge is 0.222 e. The molecule has 0 spiro atoms. The molecule has 6 heteroatoms. The van der Waals surface area contributed by atoms with Crippen molar-refractivity contribution in [1.29, 1.82) is 0 Å². The third kappa shape index (κ3) is 3.30. The van der Waals surface area contributed by atoms with Crippen LogP contribution >= 0.6 is 11.6 Å². The summed E-state index contributed by atoms with van der Waals surface area (Å²) in [6.07, 6.45) is 4.26. The first-order valence-corrected chi connectivity index (χ1v) is 6.16. The summed E-state index contributed by atoms with van der Waals surface area (Å²) in [6.45, 7) is 1.86. The molecule has 2 rings (SSSR count). The summed E-state index contributed by atoms with van der Waals surface area (Å²) < 4.78 is 0. The van der Waals surface area contributed by atoms with Crippen molar-refractivity contribution in [2.45, 2.75) is 38.0 Å². The standard InChI is InChI=1S/C11H16ClN5/c1-7-6-10(15-11(13)14-7)17-16-9-5-3-2-4-8(9)12/h6,8H,2-5H2,1H3,(H3,13,14,15,17). The third-order valence-corrected chi connectivity index (χ3v) is 3.16. The number of nitrogens with one attached hydrogen (secondary N) is 1. The average Bonchev–Trinajstić information content (AvgIpc) is 2.27. The van der Waals surface area contributed by atoms with Crippen molar-refractivity contribution in [2.24, 2.45) is 5.10 Å². The molecule has 1 unspecified atom stereocenters. The largest absolute Gasteiger partial charge is 0.368 e. The summed E-state index contributed by atoms with van der Waals surface area (Å²) >= 11 is 6.18. The molecule has 1 fully saturated rings. The van der Waals surface area contributed by atoms with Crippen LogP contribution in [0.25, 0.3) is 0 Å². The van der Waals surface area contributed by atoms with Gasteiger partial charge in [-0.3, -0.25) is 5.43 Å². The topological polar surface area (TPSA) is 76.2 Å². The molecule has 1 heterocycles. The number of nitrogen functional groups attached to an aromatic ring is 1. The van der Waals surface area contributed by atoms with Crippen molar-refractivity contribution in [1.82, 2.24) is 9.97 Å². The van der Waals surface area contributed by atoms with E-state index in [0.717, 1.165) is 30.7 Å². The lowest BCUT2D eigenvalue weighted by Crippen LogP contribution is -2.20. The van der Waals surface area contributed by atoms with Gasteiger partial charge in [0.2, 0.25) is 5.95 Å². The van der Waals surface area contributed by atoms with Gasteiger partial charge in [-0.1, -0.05) is 6.42 Å². The van der Waals surface area contributed by atoms with Crippen LogP contribution in [0.1, 0.15) is 31.4 Å². The molecule has 1 aliphatic rings. The van der Waals surface area contributed by atoms with Crippen LogP contribution < -0.4 is 11.2 Å². The fourth-order valence-electron chi connectivity index (χ4n) is 1.86. The van der Waals surface area contributed by atoms with E-state index in [1.807, 2.05) is 6.92 Å². The van der Waals surface area contributed by atoms with Crippen molar-refractivity contribution in [3.05, 3.63) is 11.8 Å². The number of aryl methyl sites for hydroxylation is 1. The first-order chi connectivity index (χ1) is 8.15. The molecule has 1 aliphatic carbocycles. The molecule has 1 atom stereocenters. The number of halogens is 1. The number of anilines is 2. The monoisotopic (exact) mass is 253 g/mol. The van der Waals surface area contributed by atoms with Gasteiger partial charge in [0.25, 0.3) is 0 Å². The number of hydrazone groups is 1. The Labute approximate surface area is 105 Å². The molecule has 17 heavy (non-hydrogen) atoms. The van der Waals surface area contributed by atoms with Crippen LogP contribution in [0, 0.1) is 6.92 Å². The Bertz CT molecular complexity index is 412. The highest BCUT2D eigenvalue weighted by Gasteiger charge is 2.17. The quantitative estimate of drug-likeness (QED) is 0.626. The number of alkyl halides is 1. The lowest BCUT2D eigenvalue weighted by Gasteiger charge is -2.18. The summed E-state index contributed by atoms with van der Waals surface area (Å²) in [6, 6.07) is 1.80. The summed E-state index contributed by atoms with van der Waals surface area (Å²) in [5.41, 5.74) is 10.3. The van der Waals surface area contributed by atoms with Crippen LogP contribution in [0.15, 0.2) is 11.2 Å². The number of aromatic nitrogens is 2. The highest BCUT2D eigenvalue weighted by atomic mass is 35.5. The van der Waals surface area contributed by atoms with E-state index in [2.05, 4.69) is 20.5 Å². The van der Waals surface area contributed by atoms with Gasteiger partial charge in [0.05, 0.1) is 11.1 Å². The predicted octanol–water partition coefficient (Wildman–Crippen LogP) is 2.32. The van der Waals surface area contributed by atoms with Gasteiger partial charge in [-0.15, -0.1) is 11.6 Å². The molecule has 5 nitrogen and oxygen atoms in total. The second kappa shape index (κ2) is 5.31. The van der Waals surface area contributed by atoms with Crippen LogP contribution in [-0.4, -0.2) is 21.1 Å². The Balaban J connectivity index is 2.07. The summed E-state index contributed by atoms with van der Waals surface area (Å²) in [5.74, 6) is 0.857. The van der Waals surface area contributed by atoms with E-state index < -0.39 is 0 Å². The van der Waals surface area contributed by atoms with Gasteiger partial charge in [-0.05, 0) is 26.2 Å². The summed E-state index contributed by atoms with van der Waals surface area (Å²) in [7, 11) is 0. The van der Waals surface area contributed by atoms with Gasteiger partial charge in [-0.2, -0.15) is 10.1 Å². The second-order valence-corrected chi connectivity index (χ2v) is 4.71. The molecule has 3 N–H and O–H groups in total. The zero-order valence-corrected chi connectivity index (χ0v) is 10.5. The number of rotatable bonds is 2. The minimum atomic E-state index is 0.0385. The van der Waals surface area contributed by atoms with Crippen LogP contribution in [0.4, 0.5) is 11.8 Å². The molecule has 0 aliphatic heterocycles. The number of hydrogen-bond acceptors (Lipinski definition) is 5. The summed E-state index contributed by atoms with van der Waals surface area (Å²) in [5, 5.41) is 4.34. The van der Waals surface area contributed by atoms with Gasteiger partial charge in [0, 0.05) is 11.8 Å². The molecule has 0 saturated heterocycles. The Morgan fingerprint density at radius 3 is 3.00 bits per heavy atom. The SMILES string of the molecule is Cc1cc(NN=C2CCCCC2Cl)nc(N)n1. The van der Waals surface area contributed by atoms with Crippen LogP contribution in [-0.2, 0) is 0 Å². The molecule has 1 aromatic rings. The maximum absolute atomic E-state index is 6.18. The van der Waals surface area contributed by atoms with E-state index in [4.69, 9.17) is 17.3 Å². The molecule has 0 bridgehead atoms. The van der Waals surface area contributed by atoms with E-state index in [1.165, 1.54) is 6.42 Å². The van der Waals surface area contributed by atoms with Crippen molar-refractivity contribution in [3.8, 4) is 0 Å². The molecular formula is C11H16ClN5. The lowest BCUT2D eigenvalue weighted by molar-refractivity contribution is 0.670. The first kappa shape index (κ1) is 12.1. The van der Waals surface area contributed by atoms with Gasteiger partial charge in [-0.25, -0.2) is 4.98 Å². The van der Waals surface area contributed by atoms with Crippen molar-refractivity contribution >= 4 is 29.1 Å². The Morgan fingerprint density at radius 2 is 2.29 bits per heavy atom. The Morgan fingerprint density at radius 1 is 1.47 bits per heavy atom. The zero-order chi connectivity index (χ0) is 12.3. The molecule has 92 valence electrons. The molecule has 0 amide bonds. The van der Waals surface area contributed by atoms with Gasteiger partial charge in [0.1, 0.15) is 0 Å².